The summed E-state index contributed by atoms with van der Waals surface area (Å²) in [5.41, 5.74) is 0.668. The molecular weight excluding hydrogens is 244 g/mol. The van der Waals surface area contributed by atoms with Gasteiger partial charge in [-0.15, -0.1) is 0 Å². The molecule has 19 heavy (non-hydrogen) atoms. The van der Waals surface area contributed by atoms with Crippen LogP contribution in [0.15, 0.2) is 24.3 Å². The molecule has 1 aliphatic heterocycles. The number of carbonyl (C=O) groups is 1. The molecule has 1 fully saturated rings. The van der Waals surface area contributed by atoms with E-state index in [9.17, 15) is 4.79 Å². The SMILES string of the molecule is CCCCOc1ccc(C(=O)CC2OCCO2)cc1. The van der Waals surface area contributed by atoms with Gasteiger partial charge in [0.2, 0.25) is 0 Å². The van der Waals surface area contributed by atoms with E-state index >= 15 is 0 Å². The number of hydrogen-bond donors (Lipinski definition) is 0. The Labute approximate surface area is 113 Å². The van der Waals surface area contributed by atoms with Crippen molar-refractivity contribution < 1.29 is 19.0 Å². The van der Waals surface area contributed by atoms with Crippen molar-refractivity contribution >= 4 is 5.78 Å². The second-order valence-electron chi connectivity index (χ2n) is 4.52. The lowest BCUT2D eigenvalue weighted by Gasteiger charge is -2.09. The maximum atomic E-state index is 12.0. The Hall–Kier alpha value is -1.39. The number of unbranched alkanes of at least 4 members (excludes halogenated alkanes) is 1. The summed E-state index contributed by atoms with van der Waals surface area (Å²) in [5, 5.41) is 0. The largest absolute Gasteiger partial charge is 0.494 e. The Morgan fingerprint density at radius 2 is 1.95 bits per heavy atom. The summed E-state index contributed by atoms with van der Waals surface area (Å²) >= 11 is 0. The number of benzene rings is 1. The van der Waals surface area contributed by atoms with E-state index in [2.05, 4.69) is 6.92 Å². The van der Waals surface area contributed by atoms with E-state index < -0.39 is 0 Å². The fourth-order valence-electron chi connectivity index (χ4n) is 1.87. The highest BCUT2D eigenvalue weighted by Crippen LogP contribution is 2.16. The van der Waals surface area contributed by atoms with Gasteiger partial charge in [-0.3, -0.25) is 4.79 Å². The zero-order chi connectivity index (χ0) is 13.5. The standard InChI is InChI=1S/C15H20O4/c1-2-3-8-17-13-6-4-12(5-7-13)14(16)11-15-18-9-10-19-15/h4-7,15H,2-3,8-11H2,1H3. The van der Waals surface area contributed by atoms with Crippen LogP contribution in [0.1, 0.15) is 36.5 Å². The fraction of sp³-hybridized carbons (Fsp3) is 0.533. The van der Waals surface area contributed by atoms with Gasteiger partial charge in [-0.25, -0.2) is 0 Å². The normalized spacial score (nSPS) is 15.6. The van der Waals surface area contributed by atoms with Gasteiger partial charge in [-0.2, -0.15) is 0 Å². The number of Topliss-reactive ketones (excluding diaryl/α,β-unsaturated/α-hetero) is 1. The summed E-state index contributed by atoms with van der Waals surface area (Å²) in [5.74, 6) is 0.838. The Morgan fingerprint density at radius 1 is 1.26 bits per heavy atom. The summed E-state index contributed by atoms with van der Waals surface area (Å²) in [6.07, 6.45) is 2.04. The van der Waals surface area contributed by atoms with Gasteiger partial charge < -0.3 is 14.2 Å². The molecule has 1 heterocycles. The first-order chi connectivity index (χ1) is 9.29. The number of hydrogen-bond acceptors (Lipinski definition) is 4. The van der Waals surface area contributed by atoms with Gasteiger partial charge in [-0.05, 0) is 30.7 Å². The van der Waals surface area contributed by atoms with Crippen molar-refractivity contribution in [1.82, 2.24) is 0 Å². The first-order valence-electron chi connectivity index (χ1n) is 6.79. The number of ether oxygens (including phenoxy) is 3. The molecule has 0 unspecified atom stereocenters. The molecule has 1 aromatic carbocycles. The van der Waals surface area contributed by atoms with Crippen LogP contribution in [0.25, 0.3) is 0 Å². The quantitative estimate of drug-likeness (QED) is 0.561. The van der Waals surface area contributed by atoms with Gasteiger partial charge in [0.05, 0.1) is 26.2 Å². The van der Waals surface area contributed by atoms with Crippen LogP contribution in [0.3, 0.4) is 0 Å². The van der Waals surface area contributed by atoms with Crippen LogP contribution in [0.2, 0.25) is 0 Å². The second-order valence-corrected chi connectivity index (χ2v) is 4.52. The zero-order valence-electron chi connectivity index (χ0n) is 11.3. The van der Waals surface area contributed by atoms with E-state index in [0.717, 1.165) is 18.6 Å². The van der Waals surface area contributed by atoms with E-state index in [1.165, 1.54) is 0 Å². The van der Waals surface area contributed by atoms with Gasteiger partial charge in [0, 0.05) is 5.56 Å². The van der Waals surface area contributed by atoms with Crippen LogP contribution in [-0.4, -0.2) is 31.9 Å². The zero-order valence-corrected chi connectivity index (χ0v) is 11.3. The summed E-state index contributed by atoms with van der Waals surface area (Å²) in [4.78, 5) is 12.0. The molecule has 0 radical (unpaired) electrons. The molecule has 1 aromatic rings. The predicted molar refractivity (Wildman–Crippen MR) is 71.5 cm³/mol. The van der Waals surface area contributed by atoms with Crippen LogP contribution in [0.5, 0.6) is 5.75 Å². The van der Waals surface area contributed by atoms with Crippen LogP contribution in [-0.2, 0) is 9.47 Å². The molecule has 104 valence electrons. The Morgan fingerprint density at radius 3 is 2.58 bits per heavy atom. The Bertz CT molecular complexity index is 393. The lowest BCUT2D eigenvalue weighted by atomic mass is 10.1. The first kappa shape index (κ1) is 14.0. The summed E-state index contributed by atoms with van der Waals surface area (Å²) < 4.78 is 16.1. The topological polar surface area (TPSA) is 44.8 Å². The molecule has 0 amide bonds. The van der Waals surface area contributed by atoms with Crippen LogP contribution in [0, 0.1) is 0 Å². The smallest absolute Gasteiger partial charge is 0.167 e. The van der Waals surface area contributed by atoms with Crippen molar-refractivity contribution in [3.05, 3.63) is 29.8 Å². The third-order valence-corrected chi connectivity index (χ3v) is 2.99. The first-order valence-corrected chi connectivity index (χ1v) is 6.79. The lowest BCUT2D eigenvalue weighted by molar-refractivity contribution is -0.0407. The number of rotatable bonds is 7. The molecule has 0 spiro atoms. The van der Waals surface area contributed by atoms with Crippen molar-refractivity contribution in [1.29, 1.82) is 0 Å². The van der Waals surface area contributed by atoms with Crippen LogP contribution >= 0.6 is 0 Å². The molecule has 0 N–H and O–H groups in total. The third kappa shape index (κ3) is 4.33. The number of ketones is 1. The van der Waals surface area contributed by atoms with Gasteiger partial charge in [0.15, 0.2) is 12.1 Å². The summed E-state index contributed by atoms with van der Waals surface area (Å²) in [6.45, 7) is 3.98. The van der Waals surface area contributed by atoms with Crippen molar-refractivity contribution in [2.75, 3.05) is 19.8 Å². The van der Waals surface area contributed by atoms with Gasteiger partial charge in [0.1, 0.15) is 5.75 Å². The number of carbonyl (C=O) groups excluding carboxylic acids is 1. The molecular formula is C15H20O4. The minimum atomic E-state index is -0.381. The van der Waals surface area contributed by atoms with Gasteiger partial charge in [-0.1, -0.05) is 13.3 Å². The minimum absolute atomic E-state index is 0.0343. The Kier molecular flexibility index (Phi) is 5.36. The fourth-order valence-corrected chi connectivity index (χ4v) is 1.87. The predicted octanol–water partition coefficient (Wildman–Crippen LogP) is 2.81. The van der Waals surface area contributed by atoms with Gasteiger partial charge in [0.25, 0.3) is 0 Å². The third-order valence-electron chi connectivity index (χ3n) is 2.99. The van der Waals surface area contributed by atoms with Gasteiger partial charge >= 0.3 is 0 Å². The monoisotopic (exact) mass is 264 g/mol. The Balaban J connectivity index is 1.84. The molecule has 4 heteroatoms. The van der Waals surface area contributed by atoms with Crippen molar-refractivity contribution in [2.45, 2.75) is 32.5 Å². The van der Waals surface area contributed by atoms with E-state index in [1.54, 1.807) is 12.1 Å². The lowest BCUT2D eigenvalue weighted by Crippen LogP contribution is -2.14. The van der Waals surface area contributed by atoms with Crippen LogP contribution < -0.4 is 4.74 Å². The highest BCUT2D eigenvalue weighted by atomic mass is 16.7. The highest BCUT2D eigenvalue weighted by Gasteiger charge is 2.20. The van der Waals surface area contributed by atoms with E-state index in [1.807, 2.05) is 12.1 Å². The molecule has 0 bridgehead atoms. The highest BCUT2D eigenvalue weighted by molar-refractivity contribution is 5.96. The van der Waals surface area contributed by atoms with Crippen molar-refractivity contribution in [3.8, 4) is 5.75 Å². The average Bonchev–Trinajstić information content (AvgIpc) is 2.93. The van der Waals surface area contributed by atoms with E-state index in [-0.39, 0.29) is 18.5 Å². The molecule has 4 nitrogen and oxygen atoms in total. The molecule has 1 aliphatic rings. The molecule has 0 aromatic heterocycles. The van der Waals surface area contributed by atoms with E-state index in [4.69, 9.17) is 14.2 Å². The van der Waals surface area contributed by atoms with E-state index in [0.29, 0.717) is 25.4 Å². The second kappa shape index (κ2) is 7.26. The van der Waals surface area contributed by atoms with Crippen molar-refractivity contribution in [3.63, 3.8) is 0 Å². The molecule has 0 saturated carbocycles. The molecule has 0 aliphatic carbocycles. The maximum absolute atomic E-state index is 12.0. The average molecular weight is 264 g/mol. The minimum Gasteiger partial charge on any atom is -0.494 e. The molecule has 1 saturated heterocycles. The summed E-state index contributed by atoms with van der Waals surface area (Å²) in [6, 6.07) is 7.25. The van der Waals surface area contributed by atoms with Crippen molar-refractivity contribution in [2.24, 2.45) is 0 Å². The van der Waals surface area contributed by atoms with Crippen LogP contribution in [0.4, 0.5) is 0 Å². The molecule has 0 atom stereocenters. The molecule has 2 rings (SSSR count). The maximum Gasteiger partial charge on any atom is 0.167 e. The summed E-state index contributed by atoms with van der Waals surface area (Å²) in [7, 11) is 0.